The van der Waals surface area contributed by atoms with Crippen molar-refractivity contribution in [2.24, 2.45) is 5.16 Å². The largest absolute Gasteiger partial charge is 0.461 e. The van der Waals surface area contributed by atoms with Crippen LogP contribution in [0.3, 0.4) is 0 Å². The third-order valence-electron chi connectivity index (χ3n) is 5.82. The minimum absolute atomic E-state index is 0.241. The van der Waals surface area contributed by atoms with Crippen LogP contribution in [0.25, 0.3) is 10.8 Å². The monoisotopic (exact) mass is 530 g/mol. The molecule has 192 valence electrons. The van der Waals surface area contributed by atoms with Crippen molar-refractivity contribution in [1.82, 2.24) is 0 Å². The predicted molar refractivity (Wildman–Crippen MR) is 141 cm³/mol. The zero-order chi connectivity index (χ0) is 26.6. The first-order valence-corrected chi connectivity index (χ1v) is 12.5. The Hall–Kier alpha value is -4.41. The number of thioether (sulfide) groups is 1. The summed E-state index contributed by atoms with van der Waals surface area (Å²) >= 11 is 1.34. The highest BCUT2D eigenvalue weighted by Gasteiger charge is 2.39. The van der Waals surface area contributed by atoms with Gasteiger partial charge in [0, 0.05) is 21.9 Å². The van der Waals surface area contributed by atoms with Crippen molar-refractivity contribution in [3.8, 4) is 0 Å². The quantitative estimate of drug-likeness (QED) is 0.265. The third kappa shape index (κ3) is 5.04. The Kier molecular flexibility index (Phi) is 7.25. The normalized spacial score (nSPS) is 17.0. The van der Waals surface area contributed by atoms with Crippen molar-refractivity contribution >= 4 is 51.8 Å². The van der Waals surface area contributed by atoms with Gasteiger partial charge < -0.3 is 24.3 Å². The van der Waals surface area contributed by atoms with E-state index < -0.39 is 24.0 Å². The summed E-state index contributed by atoms with van der Waals surface area (Å²) in [6.45, 7) is 2.31. The Labute approximate surface area is 222 Å². The number of nitrogens with zero attached hydrogens (tertiary/aromatic N) is 2. The topological polar surface area (TPSA) is 115 Å². The van der Waals surface area contributed by atoms with E-state index in [-0.39, 0.29) is 25.3 Å². The first-order chi connectivity index (χ1) is 18.5. The Bertz CT molecular complexity index is 1500. The molecule has 1 atom stereocenters. The van der Waals surface area contributed by atoms with Crippen LogP contribution in [0.5, 0.6) is 0 Å². The Balaban J connectivity index is 1.48. The molecule has 0 spiro atoms. The average Bonchev–Trinajstić information content (AvgIpc) is 3.50. The maximum Gasteiger partial charge on any atom is 0.370 e. The molecule has 2 aliphatic rings. The van der Waals surface area contributed by atoms with Crippen molar-refractivity contribution < 1.29 is 33.8 Å². The molecule has 2 aliphatic heterocycles. The van der Waals surface area contributed by atoms with E-state index in [1.54, 1.807) is 4.90 Å². The van der Waals surface area contributed by atoms with E-state index in [1.807, 2.05) is 66.7 Å². The molecule has 9 nitrogen and oxygen atoms in total. The highest BCUT2D eigenvalue weighted by Crippen LogP contribution is 2.51. The molecule has 0 bridgehead atoms. The minimum Gasteiger partial charge on any atom is -0.461 e. The van der Waals surface area contributed by atoms with Crippen LogP contribution in [0.1, 0.15) is 5.56 Å². The zero-order valence-electron chi connectivity index (χ0n) is 20.0. The van der Waals surface area contributed by atoms with Crippen LogP contribution in [0.15, 0.2) is 100 Å². The summed E-state index contributed by atoms with van der Waals surface area (Å²) in [5, 5.41) is 16.4. The van der Waals surface area contributed by atoms with Crippen LogP contribution in [-0.2, 0) is 28.7 Å². The number of carbonyl (C=O) groups is 3. The van der Waals surface area contributed by atoms with E-state index in [4.69, 9.17) is 14.3 Å². The second-order valence-electron chi connectivity index (χ2n) is 8.36. The van der Waals surface area contributed by atoms with Crippen molar-refractivity contribution in [2.75, 3.05) is 24.7 Å². The number of aliphatic hydroxyl groups excluding tert-OH is 1. The van der Waals surface area contributed by atoms with Crippen LogP contribution < -0.4 is 4.90 Å². The standard InChI is InChI=1S/C28H22N2O7S/c1-2-22(32)35-15-19(31)16-36-23(33)14-30-26-20-11-7-6-8-17(20)12-13-21(26)38-27(30)24-25(29-37-28(24)34)18-9-4-3-5-10-18/h2-13,19,31H,1,14-16H2/b27-24-. The van der Waals surface area contributed by atoms with Crippen LogP contribution in [0.4, 0.5) is 5.69 Å². The van der Waals surface area contributed by atoms with Gasteiger partial charge in [0.05, 0.1) is 10.7 Å². The van der Waals surface area contributed by atoms with Crippen LogP contribution in [0, 0.1) is 0 Å². The number of rotatable bonds is 8. The first kappa shape index (κ1) is 25.2. The summed E-state index contributed by atoms with van der Waals surface area (Å²) in [5.41, 5.74) is 2.06. The number of anilines is 1. The molecular weight excluding hydrogens is 508 g/mol. The Morgan fingerprint density at radius 1 is 1.05 bits per heavy atom. The number of carbonyl (C=O) groups excluding carboxylic acids is 3. The summed E-state index contributed by atoms with van der Waals surface area (Å²) < 4.78 is 10.1. The lowest BCUT2D eigenvalue weighted by Crippen LogP contribution is -2.32. The smallest absolute Gasteiger partial charge is 0.370 e. The number of ether oxygens (including phenoxy) is 2. The molecular formula is C28H22N2O7S. The number of benzene rings is 3. The van der Waals surface area contributed by atoms with Gasteiger partial charge in [-0.3, -0.25) is 4.79 Å². The van der Waals surface area contributed by atoms with E-state index in [1.165, 1.54) is 11.8 Å². The van der Waals surface area contributed by atoms with Crippen molar-refractivity contribution in [3.63, 3.8) is 0 Å². The fourth-order valence-electron chi connectivity index (χ4n) is 4.10. The Morgan fingerprint density at radius 3 is 2.58 bits per heavy atom. The number of fused-ring (bicyclic) bond motifs is 3. The fraction of sp³-hybridized carbons (Fsp3) is 0.143. The van der Waals surface area contributed by atoms with Gasteiger partial charge in [-0.15, -0.1) is 0 Å². The second kappa shape index (κ2) is 10.9. The molecule has 3 aromatic rings. The molecule has 1 N–H and O–H groups in total. The van der Waals surface area contributed by atoms with Gasteiger partial charge in [-0.1, -0.05) is 84.2 Å². The molecule has 38 heavy (non-hydrogen) atoms. The molecule has 0 radical (unpaired) electrons. The van der Waals surface area contributed by atoms with Crippen LogP contribution in [-0.4, -0.2) is 54.6 Å². The highest BCUT2D eigenvalue weighted by atomic mass is 32.2. The molecule has 5 rings (SSSR count). The molecule has 10 heteroatoms. The molecule has 0 aromatic heterocycles. The maximum atomic E-state index is 13.0. The van der Waals surface area contributed by atoms with E-state index in [2.05, 4.69) is 11.7 Å². The number of hydrogen-bond donors (Lipinski definition) is 1. The summed E-state index contributed by atoms with van der Waals surface area (Å²) in [4.78, 5) is 44.7. The van der Waals surface area contributed by atoms with Gasteiger partial charge >= 0.3 is 17.9 Å². The third-order valence-corrected chi connectivity index (χ3v) is 6.98. The van der Waals surface area contributed by atoms with E-state index in [0.717, 1.165) is 27.4 Å². The average molecular weight is 531 g/mol. The van der Waals surface area contributed by atoms with Crippen molar-refractivity contribution in [3.05, 3.63) is 95.6 Å². The van der Waals surface area contributed by atoms with Crippen molar-refractivity contribution in [2.45, 2.75) is 11.0 Å². The van der Waals surface area contributed by atoms with Gasteiger partial charge in [0.1, 0.15) is 37.1 Å². The zero-order valence-corrected chi connectivity index (χ0v) is 20.8. The van der Waals surface area contributed by atoms with Gasteiger partial charge in [0.15, 0.2) is 0 Å². The number of oxime groups is 1. The summed E-state index contributed by atoms with van der Waals surface area (Å²) in [6, 6.07) is 20.8. The second-order valence-corrected chi connectivity index (χ2v) is 9.39. The lowest BCUT2D eigenvalue weighted by atomic mass is 10.0. The van der Waals surface area contributed by atoms with Gasteiger partial charge in [-0.25, -0.2) is 9.59 Å². The summed E-state index contributed by atoms with van der Waals surface area (Å²) in [5.74, 6) is -1.96. The van der Waals surface area contributed by atoms with Crippen LogP contribution >= 0.6 is 11.8 Å². The Morgan fingerprint density at radius 2 is 1.79 bits per heavy atom. The van der Waals surface area contributed by atoms with E-state index >= 15 is 0 Å². The lowest BCUT2D eigenvalue weighted by molar-refractivity contribution is -0.148. The molecule has 1 unspecified atom stereocenters. The predicted octanol–water partition coefficient (Wildman–Crippen LogP) is 3.56. The highest BCUT2D eigenvalue weighted by molar-refractivity contribution is 8.03. The molecule has 0 aliphatic carbocycles. The summed E-state index contributed by atoms with van der Waals surface area (Å²) in [6.07, 6.45) is -0.231. The number of hydrogen-bond acceptors (Lipinski definition) is 10. The van der Waals surface area contributed by atoms with Gasteiger partial charge in [0.25, 0.3) is 0 Å². The minimum atomic E-state index is -1.21. The first-order valence-electron chi connectivity index (χ1n) is 11.7. The van der Waals surface area contributed by atoms with Gasteiger partial charge in [0.2, 0.25) is 0 Å². The molecule has 0 fully saturated rings. The SMILES string of the molecule is C=CC(=O)OCC(O)COC(=O)CN1/C(=C2/C(=O)ON=C2c2ccccc2)Sc2ccc3ccccc3c21. The van der Waals surface area contributed by atoms with Gasteiger partial charge in [-0.05, 0) is 11.5 Å². The fourth-order valence-corrected chi connectivity index (χ4v) is 5.31. The van der Waals surface area contributed by atoms with Gasteiger partial charge in [-0.2, -0.15) is 0 Å². The number of esters is 2. The molecule has 0 amide bonds. The maximum absolute atomic E-state index is 13.0. The lowest BCUT2D eigenvalue weighted by Gasteiger charge is -2.22. The van der Waals surface area contributed by atoms with Crippen molar-refractivity contribution in [1.29, 1.82) is 0 Å². The van der Waals surface area contributed by atoms with Crippen LogP contribution in [0.2, 0.25) is 0 Å². The molecule has 0 saturated heterocycles. The number of aliphatic hydroxyl groups is 1. The molecule has 3 aromatic carbocycles. The van der Waals surface area contributed by atoms with E-state index in [0.29, 0.717) is 16.3 Å². The summed E-state index contributed by atoms with van der Waals surface area (Å²) in [7, 11) is 0. The molecule has 2 heterocycles. The molecule has 0 saturated carbocycles. The van der Waals surface area contributed by atoms with E-state index in [9.17, 15) is 19.5 Å².